The molecule has 0 atom stereocenters. The Kier molecular flexibility index (Phi) is 8.54. The van der Waals surface area contributed by atoms with Crippen LogP contribution in [0.3, 0.4) is 0 Å². The second-order valence-corrected chi connectivity index (χ2v) is 17.4. The normalized spacial score (nSPS) is 12.9. The minimum Gasteiger partial charge on any atom is -0.310 e. The third-order valence-electron chi connectivity index (χ3n) is 12.9. The summed E-state index contributed by atoms with van der Waals surface area (Å²) in [4.78, 5) is 4.94. The molecular formula is C57H50N2. The predicted octanol–water partition coefficient (Wildman–Crippen LogP) is 16.2. The summed E-state index contributed by atoms with van der Waals surface area (Å²) in [5, 5.41) is 7.70. The molecule has 0 spiro atoms. The number of hydrogen-bond acceptors (Lipinski definition) is 2. The second kappa shape index (κ2) is 13.7. The Balaban J connectivity index is 1.26. The summed E-state index contributed by atoms with van der Waals surface area (Å²) in [5.74, 6) is 0. The van der Waals surface area contributed by atoms with Gasteiger partial charge in [0, 0.05) is 39.2 Å². The quantitative estimate of drug-likeness (QED) is 0.156. The van der Waals surface area contributed by atoms with Gasteiger partial charge in [-0.1, -0.05) is 128 Å². The molecule has 9 aromatic carbocycles. The van der Waals surface area contributed by atoms with E-state index in [2.05, 4.69) is 223 Å². The average Bonchev–Trinajstić information content (AvgIpc) is 3.48. The zero-order valence-corrected chi connectivity index (χ0v) is 35.4. The SMILES string of the molecule is Cc1ccc(N(c2ccc3c4c(c5ccccc5c3c2)-c2c(cc(N(c3ccc(C)cc3)c3cc(C)ccc3C)c3ccccc23)C4(C)C)c2cc(C)ccc2C)cc1. The van der Waals surface area contributed by atoms with Crippen molar-refractivity contribution in [3.8, 4) is 11.1 Å². The van der Waals surface area contributed by atoms with Crippen LogP contribution in [0.4, 0.5) is 34.1 Å². The number of nitrogens with zero attached hydrogens (tertiary/aromatic N) is 2. The van der Waals surface area contributed by atoms with Crippen molar-refractivity contribution in [2.24, 2.45) is 0 Å². The van der Waals surface area contributed by atoms with E-state index in [0.717, 1.165) is 17.1 Å². The summed E-state index contributed by atoms with van der Waals surface area (Å²) < 4.78 is 0. The van der Waals surface area contributed by atoms with Crippen LogP contribution < -0.4 is 9.80 Å². The molecule has 0 bridgehead atoms. The molecule has 0 amide bonds. The maximum atomic E-state index is 2.52. The number of benzene rings is 9. The Morgan fingerprint density at radius 2 is 0.814 bits per heavy atom. The lowest BCUT2D eigenvalue weighted by Gasteiger charge is -2.31. The van der Waals surface area contributed by atoms with Crippen LogP contribution in [0, 0.1) is 41.5 Å². The molecule has 0 aliphatic heterocycles. The topological polar surface area (TPSA) is 6.48 Å². The summed E-state index contributed by atoms with van der Waals surface area (Å²) in [6, 6.07) is 59.5. The van der Waals surface area contributed by atoms with Gasteiger partial charge in [-0.15, -0.1) is 0 Å². The summed E-state index contributed by atoms with van der Waals surface area (Å²) in [7, 11) is 0. The molecule has 2 heteroatoms. The molecule has 0 aromatic heterocycles. The van der Waals surface area contributed by atoms with Crippen LogP contribution in [0.5, 0.6) is 0 Å². The highest BCUT2D eigenvalue weighted by atomic mass is 15.2. The molecule has 0 saturated carbocycles. The molecule has 0 radical (unpaired) electrons. The fraction of sp³-hybridized carbons (Fsp3) is 0.158. The van der Waals surface area contributed by atoms with Crippen LogP contribution in [0.1, 0.15) is 58.4 Å². The maximum absolute atomic E-state index is 2.52. The average molecular weight is 763 g/mol. The van der Waals surface area contributed by atoms with E-state index in [1.165, 1.54) is 105 Å². The van der Waals surface area contributed by atoms with Gasteiger partial charge in [-0.05, 0) is 168 Å². The van der Waals surface area contributed by atoms with Gasteiger partial charge in [0.2, 0.25) is 0 Å². The zero-order valence-electron chi connectivity index (χ0n) is 35.4. The van der Waals surface area contributed by atoms with E-state index in [4.69, 9.17) is 0 Å². The van der Waals surface area contributed by atoms with Crippen molar-refractivity contribution in [3.05, 3.63) is 202 Å². The van der Waals surface area contributed by atoms with Crippen molar-refractivity contribution < 1.29 is 0 Å². The van der Waals surface area contributed by atoms with Crippen molar-refractivity contribution in [2.45, 2.75) is 60.8 Å². The van der Waals surface area contributed by atoms with Gasteiger partial charge in [0.05, 0.1) is 5.69 Å². The van der Waals surface area contributed by atoms with Crippen molar-refractivity contribution in [3.63, 3.8) is 0 Å². The molecule has 0 fully saturated rings. The van der Waals surface area contributed by atoms with Crippen molar-refractivity contribution in [1.29, 1.82) is 0 Å². The monoisotopic (exact) mass is 762 g/mol. The predicted molar refractivity (Wildman–Crippen MR) is 254 cm³/mol. The van der Waals surface area contributed by atoms with E-state index in [1.54, 1.807) is 0 Å². The first-order valence-electron chi connectivity index (χ1n) is 20.9. The van der Waals surface area contributed by atoms with Gasteiger partial charge < -0.3 is 9.80 Å². The van der Waals surface area contributed by atoms with Crippen molar-refractivity contribution in [2.75, 3.05) is 9.80 Å². The lowest BCUT2D eigenvalue weighted by molar-refractivity contribution is 0.667. The zero-order chi connectivity index (χ0) is 40.7. The molecule has 2 nitrogen and oxygen atoms in total. The molecule has 9 aromatic rings. The van der Waals surface area contributed by atoms with Crippen LogP contribution in [-0.4, -0.2) is 0 Å². The van der Waals surface area contributed by atoms with Crippen molar-refractivity contribution in [1.82, 2.24) is 0 Å². The maximum Gasteiger partial charge on any atom is 0.0543 e. The van der Waals surface area contributed by atoms with E-state index in [-0.39, 0.29) is 5.41 Å². The molecular weight excluding hydrogens is 713 g/mol. The fourth-order valence-electron chi connectivity index (χ4n) is 9.81. The number of anilines is 6. The largest absolute Gasteiger partial charge is 0.310 e. The third kappa shape index (κ3) is 5.84. The van der Waals surface area contributed by atoms with Crippen LogP contribution in [0.25, 0.3) is 43.4 Å². The van der Waals surface area contributed by atoms with E-state index >= 15 is 0 Å². The lowest BCUT2D eigenvalue weighted by Crippen LogP contribution is -2.18. The molecule has 10 rings (SSSR count). The Morgan fingerprint density at radius 3 is 1.41 bits per heavy atom. The van der Waals surface area contributed by atoms with Gasteiger partial charge >= 0.3 is 0 Å². The number of fused-ring (bicyclic) bond motifs is 10. The Labute approximate surface area is 349 Å². The van der Waals surface area contributed by atoms with Gasteiger partial charge in [-0.2, -0.15) is 0 Å². The van der Waals surface area contributed by atoms with Gasteiger partial charge in [-0.25, -0.2) is 0 Å². The van der Waals surface area contributed by atoms with Gasteiger partial charge in [0.25, 0.3) is 0 Å². The highest BCUT2D eigenvalue weighted by Crippen LogP contribution is 2.59. The first-order chi connectivity index (χ1) is 28.5. The van der Waals surface area contributed by atoms with Crippen LogP contribution in [0.2, 0.25) is 0 Å². The lowest BCUT2D eigenvalue weighted by atomic mass is 9.79. The van der Waals surface area contributed by atoms with E-state index in [0.29, 0.717) is 0 Å². The standard InChI is InChI=1S/C57H50N2/c1-35-19-25-41(26-20-35)58(51-31-37(3)17-23-39(51)5)43-29-30-48-49(33-43)44-13-9-11-15-46(44)55-54-47-16-12-10-14-45(47)53(34-50(54)57(7,8)56(48)55)59(42-27-21-36(2)22-28-42)52-32-38(4)18-24-40(52)6/h9-34H,1-8H3. The van der Waals surface area contributed by atoms with Crippen LogP contribution >= 0.6 is 0 Å². The number of aryl methyl sites for hydroxylation is 6. The van der Waals surface area contributed by atoms with Crippen LogP contribution in [-0.2, 0) is 5.41 Å². The van der Waals surface area contributed by atoms with E-state index in [1.807, 2.05) is 0 Å². The summed E-state index contributed by atoms with van der Waals surface area (Å²) in [5.41, 5.74) is 19.8. The highest BCUT2D eigenvalue weighted by molar-refractivity contribution is 6.23. The van der Waals surface area contributed by atoms with E-state index in [9.17, 15) is 0 Å². The van der Waals surface area contributed by atoms with Gasteiger partial charge in [-0.3, -0.25) is 0 Å². The Hall–Kier alpha value is -6.64. The molecule has 288 valence electrons. The van der Waals surface area contributed by atoms with Crippen LogP contribution in [0.15, 0.2) is 158 Å². The molecule has 0 unspecified atom stereocenters. The highest BCUT2D eigenvalue weighted by Gasteiger charge is 2.41. The van der Waals surface area contributed by atoms with Crippen molar-refractivity contribution >= 4 is 66.4 Å². The first-order valence-corrected chi connectivity index (χ1v) is 20.9. The molecule has 0 heterocycles. The number of rotatable bonds is 6. The Morgan fingerprint density at radius 1 is 0.339 bits per heavy atom. The minimum atomic E-state index is -0.294. The van der Waals surface area contributed by atoms with Gasteiger partial charge in [0.1, 0.15) is 0 Å². The fourth-order valence-corrected chi connectivity index (χ4v) is 9.81. The van der Waals surface area contributed by atoms with Gasteiger partial charge in [0.15, 0.2) is 0 Å². The minimum absolute atomic E-state index is 0.294. The summed E-state index contributed by atoms with van der Waals surface area (Å²) in [6.45, 7) is 18.0. The molecule has 59 heavy (non-hydrogen) atoms. The summed E-state index contributed by atoms with van der Waals surface area (Å²) >= 11 is 0. The molecule has 1 aliphatic carbocycles. The second-order valence-electron chi connectivity index (χ2n) is 17.4. The van der Waals surface area contributed by atoms with E-state index < -0.39 is 0 Å². The smallest absolute Gasteiger partial charge is 0.0543 e. The summed E-state index contributed by atoms with van der Waals surface area (Å²) in [6.07, 6.45) is 0. The molecule has 0 N–H and O–H groups in total. The third-order valence-corrected chi connectivity index (χ3v) is 12.9. The molecule has 1 aliphatic rings. The molecule has 0 saturated heterocycles. The number of hydrogen-bond donors (Lipinski definition) is 0. The Bertz CT molecular complexity index is 3130. The first kappa shape index (κ1) is 36.7.